The van der Waals surface area contributed by atoms with Crippen LogP contribution in [0.1, 0.15) is 27.7 Å². The van der Waals surface area contributed by atoms with E-state index in [0.29, 0.717) is 5.69 Å². The molecule has 6 heteroatoms. The van der Waals surface area contributed by atoms with Crippen LogP contribution in [0.25, 0.3) is 0 Å². The monoisotopic (exact) mass is 365 g/mol. The van der Waals surface area contributed by atoms with Gasteiger partial charge >= 0.3 is 12.2 Å². The summed E-state index contributed by atoms with van der Waals surface area (Å²) in [7, 11) is -1.46. The summed E-state index contributed by atoms with van der Waals surface area (Å²) >= 11 is 0. The van der Waals surface area contributed by atoms with Gasteiger partial charge in [0.05, 0.1) is 27.0 Å². The highest BCUT2D eigenvalue weighted by atomic mass is 28.3. The highest BCUT2D eigenvalue weighted by Crippen LogP contribution is 2.18. The van der Waals surface area contributed by atoms with Gasteiger partial charge in [-0.05, 0) is 24.0 Å². The number of carbonyl (C=O) groups is 2. The standard InChI is InChI=1S/C19H31NO4Si/c1-14(2)12-23-18(21)20(19(22)24-13-15(3)4)16-8-10-17(11-9-16)25(5,6)7/h8-11,14-15H,12-13H2,1-7H3. The molecule has 0 saturated carbocycles. The number of amides is 2. The van der Waals surface area contributed by atoms with E-state index >= 15 is 0 Å². The average molecular weight is 366 g/mol. The Morgan fingerprint density at radius 2 is 1.28 bits per heavy atom. The van der Waals surface area contributed by atoms with Crippen molar-refractivity contribution < 1.29 is 19.1 Å². The second kappa shape index (κ2) is 9.04. The van der Waals surface area contributed by atoms with E-state index in [4.69, 9.17) is 9.47 Å². The lowest BCUT2D eigenvalue weighted by molar-refractivity contribution is 0.121. The van der Waals surface area contributed by atoms with Gasteiger partial charge in [0.2, 0.25) is 0 Å². The van der Waals surface area contributed by atoms with Crippen LogP contribution in [0, 0.1) is 11.8 Å². The number of hydrogen-bond acceptors (Lipinski definition) is 4. The quantitative estimate of drug-likeness (QED) is 0.690. The number of nitrogens with zero attached hydrogens (tertiary/aromatic N) is 1. The van der Waals surface area contributed by atoms with E-state index in [-0.39, 0.29) is 25.0 Å². The van der Waals surface area contributed by atoms with Gasteiger partial charge in [0, 0.05) is 0 Å². The van der Waals surface area contributed by atoms with Crippen molar-refractivity contribution in [2.24, 2.45) is 11.8 Å². The molecule has 0 aliphatic heterocycles. The van der Waals surface area contributed by atoms with E-state index in [0.717, 1.165) is 4.90 Å². The smallest absolute Gasteiger partial charge is 0.424 e. The Labute approximate surface area is 152 Å². The number of hydrogen-bond donors (Lipinski definition) is 0. The number of carbonyl (C=O) groups excluding carboxylic acids is 2. The minimum absolute atomic E-state index is 0.187. The Kier molecular flexibility index (Phi) is 7.67. The van der Waals surface area contributed by atoms with Gasteiger partial charge in [-0.25, -0.2) is 9.59 Å². The molecule has 0 radical (unpaired) electrons. The van der Waals surface area contributed by atoms with Crippen molar-refractivity contribution in [2.75, 3.05) is 18.1 Å². The number of ether oxygens (including phenoxy) is 2. The van der Waals surface area contributed by atoms with Crippen LogP contribution in [0.4, 0.5) is 15.3 Å². The molecule has 0 aromatic heterocycles. The van der Waals surface area contributed by atoms with E-state index in [9.17, 15) is 9.59 Å². The summed E-state index contributed by atoms with van der Waals surface area (Å²) in [6.07, 6.45) is -1.41. The summed E-state index contributed by atoms with van der Waals surface area (Å²) in [5, 5.41) is 1.25. The normalized spacial score (nSPS) is 11.6. The van der Waals surface area contributed by atoms with Gasteiger partial charge in [-0.1, -0.05) is 64.7 Å². The summed E-state index contributed by atoms with van der Waals surface area (Å²) < 4.78 is 10.5. The second-order valence-corrected chi connectivity index (χ2v) is 13.2. The lowest BCUT2D eigenvalue weighted by Gasteiger charge is -2.22. The van der Waals surface area contributed by atoms with Crippen molar-refractivity contribution in [3.05, 3.63) is 24.3 Å². The summed E-state index contributed by atoms with van der Waals surface area (Å²) in [6, 6.07) is 7.50. The van der Waals surface area contributed by atoms with Gasteiger partial charge < -0.3 is 9.47 Å². The van der Waals surface area contributed by atoms with Crippen molar-refractivity contribution in [2.45, 2.75) is 47.3 Å². The van der Waals surface area contributed by atoms with Gasteiger partial charge in [0.15, 0.2) is 0 Å². The van der Waals surface area contributed by atoms with Crippen LogP contribution < -0.4 is 10.1 Å². The van der Waals surface area contributed by atoms with Gasteiger partial charge in [-0.15, -0.1) is 0 Å². The lowest BCUT2D eigenvalue weighted by atomic mass is 10.2. The average Bonchev–Trinajstić information content (AvgIpc) is 2.50. The molecule has 0 heterocycles. The van der Waals surface area contributed by atoms with E-state index in [1.165, 1.54) is 5.19 Å². The number of rotatable bonds is 6. The summed E-state index contributed by atoms with van der Waals surface area (Å²) in [5.74, 6) is 0.374. The first kappa shape index (κ1) is 21.2. The zero-order valence-corrected chi connectivity index (χ0v) is 17.5. The Morgan fingerprint density at radius 1 is 0.880 bits per heavy atom. The van der Waals surface area contributed by atoms with E-state index < -0.39 is 20.3 Å². The predicted octanol–water partition coefficient (Wildman–Crippen LogP) is 4.62. The zero-order valence-electron chi connectivity index (χ0n) is 16.5. The van der Waals surface area contributed by atoms with Crippen molar-refractivity contribution in [3.8, 4) is 0 Å². The summed E-state index contributed by atoms with van der Waals surface area (Å²) in [5.41, 5.74) is 0.463. The third-order valence-electron chi connectivity index (χ3n) is 3.44. The summed E-state index contributed by atoms with van der Waals surface area (Å²) in [4.78, 5) is 25.8. The Bertz CT molecular complexity index is 552. The number of anilines is 1. The third kappa shape index (κ3) is 6.90. The molecule has 0 aliphatic rings. The van der Waals surface area contributed by atoms with Crippen LogP contribution in [-0.4, -0.2) is 33.5 Å². The number of imide groups is 1. The van der Waals surface area contributed by atoms with Crippen LogP contribution in [-0.2, 0) is 9.47 Å². The first-order chi connectivity index (χ1) is 11.5. The fraction of sp³-hybridized carbons (Fsp3) is 0.579. The van der Waals surface area contributed by atoms with Crippen molar-refractivity contribution >= 4 is 31.1 Å². The highest BCUT2D eigenvalue weighted by Gasteiger charge is 2.27. The minimum Gasteiger partial charge on any atom is -0.448 e. The first-order valence-corrected chi connectivity index (χ1v) is 12.3. The SMILES string of the molecule is CC(C)COC(=O)N(C(=O)OCC(C)C)c1ccc([Si](C)(C)C)cc1. The molecule has 2 amide bonds. The lowest BCUT2D eigenvalue weighted by Crippen LogP contribution is -2.40. The third-order valence-corrected chi connectivity index (χ3v) is 5.50. The van der Waals surface area contributed by atoms with Crippen LogP contribution in [0.3, 0.4) is 0 Å². The first-order valence-electron chi connectivity index (χ1n) is 8.76. The molecule has 0 spiro atoms. The Balaban J connectivity index is 3.04. The molecular formula is C19H31NO4Si. The van der Waals surface area contributed by atoms with Crippen molar-refractivity contribution in [1.29, 1.82) is 0 Å². The van der Waals surface area contributed by atoms with Crippen molar-refractivity contribution in [1.82, 2.24) is 0 Å². The van der Waals surface area contributed by atoms with E-state index in [1.807, 2.05) is 39.8 Å². The largest absolute Gasteiger partial charge is 0.448 e. The molecule has 0 bridgehead atoms. The molecule has 0 saturated heterocycles. The second-order valence-electron chi connectivity index (χ2n) is 8.07. The molecular weight excluding hydrogens is 334 g/mol. The maximum Gasteiger partial charge on any atom is 0.424 e. The predicted molar refractivity (Wildman–Crippen MR) is 104 cm³/mol. The molecule has 1 rings (SSSR count). The van der Waals surface area contributed by atoms with Crippen LogP contribution in [0.5, 0.6) is 0 Å². The maximum atomic E-state index is 12.4. The molecule has 1 aromatic rings. The van der Waals surface area contributed by atoms with Gasteiger partial charge in [0.1, 0.15) is 0 Å². The molecule has 0 atom stereocenters. The van der Waals surface area contributed by atoms with Crippen LogP contribution in [0.2, 0.25) is 19.6 Å². The molecule has 25 heavy (non-hydrogen) atoms. The Hall–Kier alpha value is -1.82. The maximum absolute atomic E-state index is 12.4. The molecule has 140 valence electrons. The highest BCUT2D eigenvalue weighted by molar-refractivity contribution is 6.88. The van der Waals surface area contributed by atoms with E-state index in [1.54, 1.807) is 12.1 Å². The molecule has 0 N–H and O–H groups in total. The summed E-state index contributed by atoms with van der Waals surface area (Å²) in [6.45, 7) is 15.0. The van der Waals surface area contributed by atoms with Crippen molar-refractivity contribution in [3.63, 3.8) is 0 Å². The molecule has 0 fully saturated rings. The molecule has 5 nitrogen and oxygen atoms in total. The molecule has 0 aliphatic carbocycles. The van der Waals surface area contributed by atoms with Crippen LogP contribution in [0.15, 0.2) is 24.3 Å². The number of benzene rings is 1. The fourth-order valence-corrected chi connectivity index (χ4v) is 3.17. The molecule has 1 aromatic carbocycles. The van der Waals surface area contributed by atoms with Gasteiger partial charge in [-0.3, -0.25) is 0 Å². The van der Waals surface area contributed by atoms with E-state index in [2.05, 4.69) is 19.6 Å². The van der Waals surface area contributed by atoms with Gasteiger partial charge in [0.25, 0.3) is 0 Å². The van der Waals surface area contributed by atoms with Crippen LogP contribution >= 0.6 is 0 Å². The Morgan fingerprint density at radius 3 is 1.60 bits per heavy atom. The topological polar surface area (TPSA) is 55.8 Å². The van der Waals surface area contributed by atoms with Gasteiger partial charge in [-0.2, -0.15) is 4.90 Å². The molecule has 0 unspecified atom stereocenters. The zero-order chi connectivity index (χ0) is 19.2. The minimum atomic E-state index is -1.46. The fourth-order valence-electron chi connectivity index (χ4n) is 2.00.